The molecule has 0 spiro atoms. The van der Waals surface area contributed by atoms with Crippen molar-refractivity contribution in [3.8, 4) is 17.6 Å². The minimum Gasteiger partial charge on any atom is -0.508 e. The zero-order valence-electron chi connectivity index (χ0n) is 12.9. The van der Waals surface area contributed by atoms with E-state index in [1.165, 1.54) is 12.3 Å². The number of phenols is 2. The lowest BCUT2D eigenvalue weighted by Gasteiger charge is -2.16. The molecule has 3 aromatic rings. The number of nitrogens with zero attached hydrogens (tertiary/aromatic N) is 1. The molecular weight excluding hydrogens is 338 g/mol. The number of phenolic OH excluding ortho intramolecular Hbond substituents is 2. The van der Waals surface area contributed by atoms with E-state index >= 15 is 0 Å². The van der Waals surface area contributed by atoms with Crippen LogP contribution < -0.4 is 0 Å². The maximum absolute atomic E-state index is 9.98. The quantitative estimate of drug-likeness (QED) is 0.689. The summed E-state index contributed by atoms with van der Waals surface area (Å²) in [5.74, 6) is 0.359. The van der Waals surface area contributed by atoms with E-state index in [2.05, 4.69) is 6.07 Å². The number of aromatic hydroxyl groups is 2. The third kappa shape index (κ3) is 2.46. The zero-order chi connectivity index (χ0) is 17.6. The number of hydrogen-bond acceptors (Lipinski definition) is 4. The zero-order valence-corrected chi connectivity index (χ0v) is 13.7. The van der Waals surface area contributed by atoms with Gasteiger partial charge in [-0.25, -0.2) is 0 Å². The first-order valence-electron chi connectivity index (χ1n) is 7.59. The Morgan fingerprint density at radius 2 is 1.80 bits per heavy atom. The van der Waals surface area contributed by atoms with Gasteiger partial charge < -0.3 is 14.6 Å². The van der Waals surface area contributed by atoms with Crippen molar-refractivity contribution in [3.63, 3.8) is 0 Å². The highest BCUT2D eigenvalue weighted by Gasteiger charge is 2.33. The van der Waals surface area contributed by atoms with Crippen LogP contribution in [0.15, 0.2) is 53.1 Å². The van der Waals surface area contributed by atoms with Crippen LogP contribution in [0.4, 0.5) is 0 Å². The highest BCUT2D eigenvalue weighted by molar-refractivity contribution is 6.33. The fourth-order valence-corrected chi connectivity index (χ4v) is 3.52. The summed E-state index contributed by atoms with van der Waals surface area (Å²) in [5.41, 5.74) is 3.75. The minimum absolute atomic E-state index is 0.0548. The minimum atomic E-state index is -0.367. The Labute approximate surface area is 148 Å². The summed E-state index contributed by atoms with van der Waals surface area (Å²) in [7, 11) is 0. The molecule has 1 unspecified atom stereocenters. The first-order chi connectivity index (χ1) is 12.1. The van der Waals surface area contributed by atoms with E-state index in [0.717, 1.165) is 22.3 Å². The van der Waals surface area contributed by atoms with Crippen LogP contribution in [0.2, 0.25) is 5.02 Å². The molecule has 122 valence electrons. The van der Waals surface area contributed by atoms with Crippen molar-refractivity contribution in [3.05, 3.63) is 81.8 Å². The molecule has 0 amide bonds. The van der Waals surface area contributed by atoms with Crippen molar-refractivity contribution in [2.45, 2.75) is 5.92 Å². The van der Waals surface area contributed by atoms with Crippen LogP contribution in [0, 0.1) is 11.3 Å². The normalized spacial score (nSPS) is 15.5. The molecule has 0 radical (unpaired) electrons. The van der Waals surface area contributed by atoms with Gasteiger partial charge in [-0.1, -0.05) is 23.7 Å². The summed E-state index contributed by atoms with van der Waals surface area (Å²) in [5, 5.41) is 29.3. The summed E-state index contributed by atoms with van der Waals surface area (Å²) in [6.45, 7) is 0. The number of hydrogen-bond donors (Lipinski definition) is 2. The van der Waals surface area contributed by atoms with Gasteiger partial charge in [-0.05, 0) is 58.7 Å². The maximum atomic E-state index is 9.98. The topological polar surface area (TPSA) is 77.4 Å². The van der Waals surface area contributed by atoms with Gasteiger partial charge in [0, 0.05) is 0 Å². The molecule has 0 saturated carbocycles. The summed E-state index contributed by atoms with van der Waals surface area (Å²) >= 11 is 6.31. The van der Waals surface area contributed by atoms with E-state index in [4.69, 9.17) is 16.0 Å². The lowest BCUT2D eigenvalue weighted by Crippen LogP contribution is -2.02. The van der Waals surface area contributed by atoms with Crippen molar-refractivity contribution >= 4 is 23.3 Å². The number of halogens is 1. The molecule has 2 aromatic carbocycles. The molecule has 4 rings (SSSR count). The number of fused-ring (bicyclic) bond motifs is 1. The number of allylic oxidation sites excluding steroid dienone is 1. The molecule has 1 atom stereocenters. The third-order valence-corrected chi connectivity index (χ3v) is 4.66. The van der Waals surface area contributed by atoms with E-state index < -0.39 is 0 Å². The maximum Gasteiger partial charge on any atom is 0.133 e. The largest absolute Gasteiger partial charge is 0.508 e. The average molecular weight is 350 g/mol. The molecule has 25 heavy (non-hydrogen) atoms. The fourth-order valence-electron chi connectivity index (χ4n) is 3.24. The lowest BCUT2D eigenvalue weighted by atomic mass is 9.87. The number of benzene rings is 2. The van der Waals surface area contributed by atoms with Gasteiger partial charge in [-0.3, -0.25) is 0 Å². The first kappa shape index (κ1) is 15.4. The number of nitriles is 1. The predicted molar refractivity (Wildman–Crippen MR) is 94.4 cm³/mol. The van der Waals surface area contributed by atoms with E-state index in [-0.39, 0.29) is 17.4 Å². The Morgan fingerprint density at radius 3 is 2.52 bits per heavy atom. The summed E-state index contributed by atoms with van der Waals surface area (Å²) in [4.78, 5) is 0. The summed E-state index contributed by atoms with van der Waals surface area (Å²) in [6, 6.07) is 13.7. The molecular formula is C20H12ClNO3. The fraction of sp³-hybridized carbons (Fsp3) is 0.0500. The molecule has 5 heteroatoms. The van der Waals surface area contributed by atoms with Crippen molar-refractivity contribution in [2.75, 3.05) is 0 Å². The molecule has 0 bridgehead atoms. The van der Waals surface area contributed by atoms with Gasteiger partial charge in [0.25, 0.3) is 0 Å². The van der Waals surface area contributed by atoms with Gasteiger partial charge in [-0.15, -0.1) is 0 Å². The number of rotatable bonds is 2. The second kappa shape index (κ2) is 5.73. The second-order valence-electron chi connectivity index (χ2n) is 5.82. The molecule has 1 aromatic heterocycles. The Hall–Kier alpha value is -3.16. The highest BCUT2D eigenvalue weighted by atomic mass is 35.5. The highest BCUT2D eigenvalue weighted by Crippen LogP contribution is 2.50. The summed E-state index contributed by atoms with van der Waals surface area (Å²) in [6.07, 6.45) is 3.41. The molecule has 2 N–H and O–H groups in total. The van der Waals surface area contributed by atoms with E-state index in [9.17, 15) is 15.5 Å². The van der Waals surface area contributed by atoms with Crippen LogP contribution in [0.3, 0.4) is 0 Å². The van der Waals surface area contributed by atoms with Gasteiger partial charge in [0.1, 0.15) is 23.3 Å². The van der Waals surface area contributed by atoms with Crippen LogP contribution >= 0.6 is 11.6 Å². The van der Waals surface area contributed by atoms with E-state index in [1.807, 2.05) is 6.08 Å². The standard InChI is InChI=1S/C20H12ClNO3/c21-18-8-14(24)7-17-16(18)9-15(11-1-3-13(23)4-2-11)19(17)20-12(10-22)5-6-25-20/h1-9,19,23-24H. The molecule has 1 aliphatic rings. The smallest absolute Gasteiger partial charge is 0.133 e. The molecule has 0 aliphatic heterocycles. The van der Waals surface area contributed by atoms with Crippen molar-refractivity contribution < 1.29 is 14.6 Å². The number of furan rings is 1. The van der Waals surface area contributed by atoms with Gasteiger partial charge in [-0.2, -0.15) is 5.26 Å². The lowest BCUT2D eigenvalue weighted by molar-refractivity contribution is 0.473. The monoisotopic (exact) mass is 349 g/mol. The molecule has 0 saturated heterocycles. The van der Waals surface area contributed by atoms with Crippen molar-refractivity contribution in [1.82, 2.24) is 0 Å². The SMILES string of the molecule is N#Cc1ccoc1C1C(c2ccc(O)cc2)=Cc2c(Cl)cc(O)cc21. The van der Waals surface area contributed by atoms with Crippen LogP contribution in [-0.4, -0.2) is 10.2 Å². The van der Waals surface area contributed by atoms with E-state index in [1.54, 1.807) is 36.4 Å². The van der Waals surface area contributed by atoms with Crippen molar-refractivity contribution in [2.24, 2.45) is 0 Å². The Kier molecular flexibility index (Phi) is 3.52. The molecule has 0 fully saturated rings. The van der Waals surface area contributed by atoms with Gasteiger partial charge in [0.2, 0.25) is 0 Å². The first-order valence-corrected chi connectivity index (χ1v) is 7.97. The Balaban J connectivity index is 1.96. The van der Waals surface area contributed by atoms with Gasteiger partial charge >= 0.3 is 0 Å². The Morgan fingerprint density at radius 1 is 1.04 bits per heavy atom. The van der Waals surface area contributed by atoms with Crippen molar-refractivity contribution in [1.29, 1.82) is 5.26 Å². The van der Waals surface area contributed by atoms with Crippen LogP contribution in [0.5, 0.6) is 11.5 Å². The predicted octanol–water partition coefficient (Wildman–Crippen LogP) is 4.90. The van der Waals surface area contributed by atoms with Gasteiger partial charge in [0.15, 0.2) is 0 Å². The van der Waals surface area contributed by atoms with Crippen LogP contribution in [-0.2, 0) is 0 Å². The average Bonchev–Trinajstić information content (AvgIpc) is 3.19. The molecule has 1 aliphatic carbocycles. The van der Waals surface area contributed by atoms with Crippen LogP contribution in [0.25, 0.3) is 11.6 Å². The molecule has 1 heterocycles. The summed E-state index contributed by atoms with van der Waals surface area (Å²) < 4.78 is 5.61. The second-order valence-corrected chi connectivity index (χ2v) is 6.23. The Bertz CT molecular complexity index is 1040. The van der Waals surface area contributed by atoms with Crippen LogP contribution in [0.1, 0.15) is 33.9 Å². The van der Waals surface area contributed by atoms with E-state index in [0.29, 0.717) is 16.3 Å². The molecule has 4 nitrogen and oxygen atoms in total. The van der Waals surface area contributed by atoms with Gasteiger partial charge in [0.05, 0.1) is 22.8 Å². The third-order valence-electron chi connectivity index (χ3n) is 4.35.